The van der Waals surface area contributed by atoms with Crippen LogP contribution in [0.1, 0.15) is 74.4 Å². The quantitative estimate of drug-likeness (QED) is 0.289. The van der Waals surface area contributed by atoms with Crippen LogP contribution in [0, 0.1) is 0 Å². The second-order valence-electron chi connectivity index (χ2n) is 6.55. The van der Waals surface area contributed by atoms with E-state index in [9.17, 15) is 0 Å². The lowest BCUT2D eigenvalue weighted by molar-refractivity contribution is 0.354. The van der Waals surface area contributed by atoms with Crippen molar-refractivity contribution in [2.75, 3.05) is 27.2 Å². The van der Waals surface area contributed by atoms with Crippen LogP contribution in [0.3, 0.4) is 0 Å². The summed E-state index contributed by atoms with van der Waals surface area (Å²) >= 11 is 1.63. The molecule has 198 valence electrons. The predicted molar refractivity (Wildman–Crippen MR) is 156 cm³/mol. The topological polar surface area (TPSA) is 42.7 Å². The highest BCUT2D eigenvalue weighted by Crippen LogP contribution is 2.37. The molecule has 0 aliphatic rings. The number of likely N-dealkylation sites (N-methyl/N-ethyl adjacent to an activating group) is 1. The summed E-state index contributed by atoms with van der Waals surface area (Å²) in [6, 6.07) is 12.2. The lowest BCUT2D eigenvalue weighted by Gasteiger charge is -2.13. The van der Waals surface area contributed by atoms with Gasteiger partial charge in [0.25, 0.3) is 0 Å². The van der Waals surface area contributed by atoms with Gasteiger partial charge in [0.05, 0.1) is 7.11 Å². The fourth-order valence-electron chi connectivity index (χ4n) is 2.67. The van der Waals surface area contributed by atoms with Gasteiger partial charge in [-0.1, -0.05) is 97.5 Å². The normalized spacial score (nSPS) is 9.71. The molecule has 35 heavy (non-hydrogen) atoms. The van der Waals surface area contributed by atoms with Gasteiger partial charge in [-0.25, -0.2) is 9.50 Å². The minimum Gasteiger partial charge on any atom is -0.479 e. The molecule has 3 aromatic rings. The number of benzene rings is 1. The van der Waals surface area contributed by atoms with E-state index in [1.54, 1.807) is 18.9 Å². The molecule has 6 heteroatoms. The molecule has 0 amide bonds. The third-order valence-electron chi connectivity index (χ3n) is 4.44. The smallest absolute Gasteiger partial charge is 0.249 e. The molecule has 0 saturated carbocycles. The number of hydrogen-bond acceptors (Lipinski definition) is 5. The van der Waals surface area contributed by atoms with Gasteiger partial charge in [0, 0.05) is 29.8 Å². The monoisotopic (exact) mass is 502 g/mol. The highest BCUT2D eigenvalue weighted by molar-refractivity contribution is 7.99. The molecule has 1 aromatic carbocycles. The minimum absolute atomic E-state index is 0.618. The molecule has 0 aliphatic heterocycles. The first-order valence-electron chi connectivity index (χ1n) is 13.1. The highest BCUT2D eigenvalue weighted by Gasteiger charge is 2.18. The van der Waals surface area contributed by atoms with Crippen molar-refractivity contribution in [1.82, 2.24) is 19.5 Å². The van der Waals surface area contributed by atoms with Crippen molar-refractivity contribution in [2.24, 2.45) is 0 Å². The summed E-state index contributed by atoms with van der Waals surface area (Å²) in [5.74, 6) is 0.618. The van der Waals surface area contributed by atoms with Crippen LogP contribution >= 0.6 is 11.8 Å². The lowest BCUT2D eigenvalue weighted by atomic mass is 10.3. The van der Waals surface area contributed by atoms with Crippen molar-refractivity contribution in [2.45, 2.75) is 84.9 Å². The van der Waals surface area contributed by atoms with E-state index in [0.29, 0.717) is 5.88 Å². The van der Waals surface area contributed by atoms with Gasteiger partial charge < -0.3 is 9.64 Å². The zero-order valence-electron chi connectivity index (χ0n) is 24.1. The molecule has 0 aliphatic carbocycles. The van der Waals surface area contributed by atoms with Crippen LogP contribution < -0.4 is 4.74 Å². The summed E-state index contributed by atoms with van der Waals surface area (Å²) in [4.78, 5) is 8.92. The number of allylic oxidation sites excluding steroid dienone is 2. The van der Waals surface area contributed by atoms with Crippen molar-refractivity contribution in [3.05, 3.63) is 60.4 Å². The largest absolute Gasteiger partial charge is 0.479 e. The van der Waals surface area contributed by atoms with Crippen LogP contribution in [0.25, 0.3) is 5.65 Å². The van der Waals surface area contributed by atoms with Crippen LogP contribution in [0.5, 0.6) is 5.88 Å². The number of rotatable bonds is 8. The van der Waals surface area contributed by atoms with E-state index in [1.165, 1.54) is 0 Å². The molecule has 2 heterocycles. The van der Waals surface area contributed by atoms with Gasteiger partial charge in [-0.05, 0) is 45.1 Å². The Morgan fingerprint density at radius 2 is 1.63 bits per heavy atom. The van der Waals surface area contributed by atoms with Crippen LogP contribution in [-0.4, -0.2) is 46.7 Å². The maximum absolute atomic E-state index is 5.50. The third kappa shape index (κ3) is 12.8. The van der Waals surface area contributed by atoms with Crippen molar-refractivity contribution in [3.63, 3.8) is 0 Å². The molecule has 0 bridgehead atoms. The van der Waals surface area contributed by atoms with Crippen LogP contribution in [0.2, 0.25) is 0 Å². The molecule has 0 spiro atoms. The Hall–Kier alpha value is -2.31. The average Bonchev–Trinajstić information content (AvgIpc) is 3.30. The SMILES string of the molecule is C/C=C\CC.CC.CC.CC.CCN(C)CCc1ccnc2c(Sc3ccccc3)c(OC)nn12. The first-order valence-corrected chi connectivity index (χ1v) is 13.9. The summed E-state index contributed by atoms with van der Waals surface area (Å²) in [5, 5.41) is 4.62. The zero-order chi connectivity index (χ0) is 27.1. The van der Waals surface area contributed by atoms with Crippen molar-refractivity contribution < 1.29 is 4.74 Å². The van der Waals surface area contributed by atoms with Crippen LogP contribution in [-0.2, 0) is 6.42 Å². The van der Waals surface area contributed by atoms with Gasteiger partial charge in [-0.15, -0.1) is 5.10 Å². The van der Waals surface area contributed by atoms with Gasteiger partial charge in [-0.3, -0.25) is 0 Å². The second kappa shape index (κ2) is 23.4. The molecule has 3 rings (SSSR count). The van der Waals surface area contributed by atoms with Crippen LogP contribution in [0.15, 0.2) is 64.5 Å². The molecule has 5 nitrogen and oxygen atoms in total. The number of nitrogens with zero attached hydrogens (tertiary/aromatic N) is 4. The molecule has 0 atom stereocenters. The Labute approximate surface area is 220 Å². The summed E-state index contributed by atoms with van der Waals surface area (Å²) in [7, 11) is 3.78. The van der Waals surface area contributed by atoms with Crippen LogP contribution in [0.4, 0.5) is 0 Å². The van der Waals surface area contributed by atoms with Gasteiger partial charge in [0.1, 0.15) is 4.90 Å². The fraction of sp³-hybridized carbons (Fsp3) is 0.517. The minimum atomic E-state index is 0.618. The number of ether oxygens (including phenoxy) is 1. The second-order valence-corrected chi connectivity index (χ2v) is 7.63. The summed E-state index contributed by atoms with van der Waals surface area (Å²) < 4.78 is 7.41. The number of aromatic nitrogens is 3. The third-order valence-corrected chi connectivity index (χ3v) is 5.51. The first-order chi connectivity index (χ1) is 17.1. The molecule has 0 radical (unpaired) electrons. The summed E-state index contributed by atoms with van der Waals surface area (Å²) in [6.07, 6.45) is 8.12. The maximum atomic E-state index is 5.50. The van der Waals surface area contributed by atoms with Gasteiger partial charge in [0.15, 0.2) is 5.65 Å². The van der Waals surface area contributed by atoms with E-state index in [1.807, 2.05) is 83.4 Å². The van der Waals surface area contributed by atoms with Crippen molar-refractivity contribution >= 4 is 17.4 Å². The Balaban J connectivity index is 0. The molecular formula is C29H50N4OS. The summed E-state index contributed by atoms with van der Waals surface area (Å²) in [5.41, 5.74) is 1.98. The Bertz CT molecular complexity index is 894. The maximum Gasteiger partial charge on any atom is 0.249 e. The van der Waals surface area contributed by atoms with Crippen molar-refractivity contribution in [1.29, 1.82) is 0 Å². The van der Waals surface area contributed by atoms with Gasteiger partial charge in [0.2, 0.25) is 5.88 Å². The van der Waals surface area contributed by atoms with Gasteiger partial charge in [-0.2, -0.15) is 0 Å². The summed E-state index contributed by atoms with van der Waals surface area (Å²) in [6.45, 7) is 20.3. The first kappa shape index (κ1) is 34.9. The highest BCUT2D eigenvalue weighted by atomic mass is 32.2. The number of methoxy groups -OCH3 is 1. The number of hydrogen-bond donors (Lipinski definition) is 0. The molecule has 0 saturated heterocycles. The number of fused-ring (bicyclic) bond motifs is 1. The molecule has 0 fully saturated rings. The van der Waals surface area contributed by atoms with Crippen molar-refractivity contribution in [3.8, 4) is 5.88 Å². The average molecular weight is 503 g/mol. The van der Waals surface area contributed by atoms with Gasteiger partial charge >= 0.3 is 0 Å². The van der Waals surface area contributed by atoms with E-state index in [2.05, 4.69) is 60.2 Å². The molecule has 2 aromatic heterocycles. The Morgan fingerprint density at radius 1 is 1.00 bits per heavy atom. The fourth-order valence-corrected chi connectivity index (χ4v) is 3.64. The van der Waals surface area contributed by atoms with E-state index in [-0.39, 0.29) is 0 Å². The van der Waals surface area contributed by atoms with E-state index >= 15 is 0 Å². The molecule has 0 N–H and O–H groups in total. The Kier molecular flexibility index (Phi) is 23.3. The predicted octanol–water partition coefficient (Wildman–Crippen LogP) is 8.43. The molecular weight excluding hydrogens is 452 g/mol. The Morgan fingerprint density at radius 3 is 2.11 bits per heavy atom. The molecule has 0 unspecified atom stereocenters. The lowest BCUT2D eigenvalue weighted by Crippen LogP contribution is -2.21. The van der Waals surface area contributed by atoms with E-state index < -0.39 is 0 Å². The standard InChI is InChI=1S/C18H22N4OS.C5H10.3C2H6/c1-4-21(2)13-11-14-10-12-19-17-16(18(23-3)20-22(14)17)24-15-8-6-5-7-9-15;1-3-5-4-2;3*1-2/h5-10,12H,4,11,13H2,1-3H3;3,5H,4H2,1-2H3;3*1-2H3/b;5-3-;;;. The van der Waals surface area contributed by atoms with E-state index in [0.717, 1.165) is 47.1 Å². The zero-order valence-corrected chi connectivity index (χ0v) is 24.9. The van der Waals surface area contributed by atoms with E-state index in [4.69, 9.17) is 4.74 Å².